The van der Waals surface area contributed by atoms with Crippen molar-refractivity contribution in [2.75, 3.05) is 20.3 Å². The summed E-state index contributed by atoms with van der Waals surface area (Å²) in [6, 6.07) is 7.85. The number of esters is 1. The van der Waals surface area contributed by atoms with Crippen LogP contribution in [0.2, 0.25) is 0 Å². The number of aromatic nitrogens is 1. The van der Waals surface area contributed by atoms with Crippen molar-refractivity contribution in [2.45, 2.75) is 57.8 Å². The fraction of sp³-hybridized carbons (Fsp3) is 0.389. The Balaban J connectivity index is 1.51. The molecule has 2 aromatic carbocycles. The van der Waals surface area contributed by atoms with Crippen LogP contribution in [0.25, 0.3) is 16.5 Å². The zero-order chi connectivity index (χ0) is 32.5. The number of nitrogens with one attached hydrogen (secondary N) is 1. The van der Waals surface area contributed by atoms with E-state index in [0.717, 1.165) is 22.0 Å². The van der Waals surface area contributed by atoms with Crippen LogP contribution in [-0.4, -0.2) is 64.1 Å². The molecule has 4 N–H and O–H groups in total. The second kappa shape index (κ2) is 11.2. The quantitative estimate of drug-likeness (QED) is 0.282. The number of ether oxygens (including phenoxy) is 4. The van der Waals surface area contributed by atoms with Gasteiger partial charge in [-0.05, 0) is 56.3 Å². The maximum atomic E-state index is 14.0. The number of allylic oxidation sites excluding steroid dienone is 5. The van der Waals surface area contributed by atoms with Crippen LogP contribution in [0.3, 0.4) is 0 Å². The van der Waals surface area contributed by atoms with Gasteiger partial charge >= 0.3 is 5.97 Å². The molecule has 7 rings (SSSR count). The first kappa shape index (κ1) is 30.3. The highest BCUT2D eigenvalue weighted by Crippen LogP contribution is 2.59. The van der Waals surface area contributed by atoms with Crippen molar-refractivity contribution in [3.63, 3.8) is 0 Å². The van der Waals surface area contributed by atoms with Crippen LogP contribution in [0.4, 0.5) is 0 Å². The van der Waals surface area contributed by atoms with Gasteiger partial charge in [-0.15, -0.1) is 0 Å². The van der Waals surface area contributed by atoms with Crippen LogP contribution in [0, 0.1) is 11.8 Å². The number of methoxy groups -OCH3 is 1. The zero-order valence-corrected chi connectivity index (χ0v) is 26.2. The summed E-state index contributed by atoms with van der Waals surface area (Å²) >= 11 is 0. The third-order valence-corrected chi connectivity index (χ3v) is 9.66. The van der Waals surface area contributed by atoms with Crippen LogP contribution in [0.1, 0.15) is 55.4 Å². The summed E-state index contributed by atoms with van der Waals surface area (Å²) in [5.41, 5.74) is 4.06. The van der Waals surface area contributed by atoms with Gasteiger partial charge in [0.05, 0.1) is 49.6 Å². The van der Waals surface area contributed by atoms with E-state index in [1.165, 1.54) is 7.11 Å². The Morgan fingerprint density at radius 2 is 1.96 bits per heavy atom. The lowest BCUT2D eigenvalue weighted by atomic mass is 9.63. The smallest absolute Gasteiger partial charge is 0.374 e. The Kier molecular flexibility index (Phi) is 7.34. The molecule has 3 heterocycles. The minimum atomic E-state index is -1.20. The molecule has 1 saturated carbocycles. The molecule has 0 bridgehead atoms. The molecule has 0 unspecified atom stereocenters. The summed E-state index contributed by atoms with van der Waals surface area (Å²) in [4.78, 5) is 30.7. The summed E-state index contributed by atoms with van der Waals surface area (Å²) in [7, 11) is 1.54. The molecule has 1 aromatic heterocycles. The number of benzene rings is 2. The summed E-state index contributed by atoms with van der Waals surface area (Å²) < 4.78 is 24.1. The molecule has 4 atom stereocenters. The molecule has 2 aliphatic carbocycles. The molecular weight excluding hydrogens is 590 g/mol. The Bertz CT molecular complexity index is 1870. The van der Waals surface area contributed by atoms with Gasteiger partial charge in [0.25, 0.3) is 0 Å². The van der Waals surface area contributed by atoms with Gasteiger partial charge in [0, 0.05) is 46.7 Å². The summed E-state index contributed by atoms with van der Waals surface area (Å²) in [6.45, 7) is 4.32. The average molecular weight is 628 g/mol. The van der Waals surface area contributed by atoms with Crippen LogP contribution in [0.5, 0.6) is 17.2 Å². The molecule has 10 nitrogen and oxygen atoms in total. The topological polar surface area (TPSA) is 148 Å². The number of Topliss-reactive ketones (excluding diaryl/α,β-unsaturated/α-hetero) is 1. The largest absolute Gasteiger partial charge is 0.496 e. The van der Waals surface area contributed by atoms with Crippen molar-refractivity contribution < 1.29 is 43.9 Å². The Morgan fingerprint density at radius 3 is 2.65 bits per heavy atom. The summed E-state index contributed by atoms with van der Waals surface area (Å²) in [5.74, 6) is -1.48. The molecule has 10 heteroatoms. The predicted octanol–water partition coefficient (Wildman–Crippen LogP) is 4.26. The number of ketones is 1. The predicted molar refractivity (Wildman–Crippen MR) is 168 cm³/mol. The molecule has 0 radical (unpaired) electrons. The normalized spacial score (nSPS) is 23.4. The molecule has 3 aromatic rings. The first-order chi connectivity index (χ1) is 22.1. The number of carbonyl (C=O) groups is 2. The van der Waals surface area contributed by atoms with Crippen molar-refractivity contribution in [2.24, 2.45) is 11.8 Å². The molecule has 240 valence electrons. The van der Waals surface area contributed by atoms with Gasteiger partial charge in [0.15, 0.2) is 0 Å². The monoisotopic (exact) mass is 627 g/mol. The maximum Gasteiger partial charge on any atom is 0.374 e. The van der Waals surface area contributed by atoms with Gasteiger partial charge in [-0.25, -0.2) is 4.79 Å². The molecule has 0 saturated heterocycles. The molecule has 0 amide bonds. The number of aliphatic hydroxyl groups excluding tert-OH is 2. The molecule has 2 aliphatic heterocycles. The Morgan fingerprint density at radius 1 is 1.15 bits per heavy atom. The third-order valence-electron chi connectivity index (χ3n) is 9.66. The van der Waals surface area contributed by atoms with Gasteiger partial charge in [-0.3, -0.25) is 4.79 Å². The van der Waals surface area contributed by atoms with E-state index in [2.05, 4.69) is 4.98 Å². The zero-order valence-electron chi connectivity index (χ0n) is 26.2. The van der Waals surface area contributed by atoms with E-state index in [0.29, 0.717) is 45.8 Å². The van der Waals surface area contributed by atoms with Crippen LogP contribution < -0.4 is 14.2 Å². The number of aromatic amines is 1. The Hall–Kier alpha value is -4.38. The number of rotatable bonds is 7. The second-order valence-corrected chi connectivity index (χ2v) is 12.8. The highest BCUT2D eigenvalue weighted by Gasteiger charge is 2.48. The molecular formula is C36H37NO9. The number of fused-ring (bicyclic) bond motifs is 6. The second-order valence-electron chi connectivity index (χ2n) is 12.8. The van der Waals surface area contributed by atoms with E-state index in [9.17, 15) is 24.9 Å². The number of aliphatic hydroxyl groups is 3. The van der Waals surface area contributed by atoms with Crippen molar-refractivity contribution in [1.29, 1.82) is 0 Å². The van der Waals surface area contributed by atoms with Crippen LogP contribution in [-0.2, 0) is 27.4 Å². The lowest BCUT2D eigenvalue weighted by Gasteiger charge is -2.41. The SMILES string of the molecule is CCOC(=O)C1=C2C=C[C@H]3C(=C2c2c(OC)c4c(c(CO)c2O1)O[C@H](C(C)(C)O)C4)C[C@H](CO)C(=O)[C@H]3c1ccc2[nH]ccc2c1. The van der Waals surface area contributed by atoms with E-state index in [1.807, 2.05) is 36.5 Å². The molecule has 46 heavy (non-hydrogen) atoms. The fourth-order valence-electron chi connectivity index (χ4n) is 7.46. The summed E-state index contributed by atoms with van der Waals surface area (Å²) in [6.07, 6.45) is 5.51. The number of hydrogen-bond donors (Lipinski definition) is 4. The third kappa shape index (κ3) is 4.50. The lowest BCUT2D eigenvalue weighted by molar-refractivity contribution is -0.141. The van der Waals surface area contributed by atoms with Crippen molar-refractivity contribution in [1.82, 2.24) is 4.98 Å². The van der Waals surface area contributed by atoms with Crippen molar-refractivity contribution in [3.05, 3.63) is 81.8 Å². The summed E-state index contributed by atoms with van der Waals surface area (Å²) in [5, 5.41) is 33.1. The van der Waals surface area contributed by atoms with Gasteiger partial charge in [-0.2, -0.15) is 0 Å². The number of carbonyl (C=O) groups excluding carboxylic acids is 2. The van der Waals surface area contributed by atoms with Crippen LogP contribution >= 0.6 is 0 Å². The number of H-pyrrole nitrogens is 1. The van der Waals surface area contributed by atoms with Gasteiger partial charge < -0.3 is 39.3 Å². The van der Waals surface area contributed by atoms with Crippen molar-refractivity contribution in [3.8, 4) is 17.2 Å². The van der Waals surface area contributed by atoms with E-state index in [4.69, 9.17) is 18.9 Å². The minimum Gasteiger partial charge on any atom is -0.496 e. The minimum absolute atomic E-state index is 0.0528. The molecule has 1 fully saturated rings. The van der Waals surface area contributed by atoms with E-state index in [1.54, 1.807) is 26.8 Å². The number of hydrogen-bond acceptors (Lipinski definition) is 9. The van der Waals surface area contributed by atoms with Gasteiger partial charge in [-0.1, -0.05) is 23.8 Å². The maximum absolute atomic E-state index is 14.0. The molecule has 4 aliphatic rings. The molecule has 0 spiro atoms. The van der Waals surface area contributed by atoms with Crippen molar-refractivity contribution >= 4 is 28.2 Å². The lowest BCUT2D eigenvalue weighted by Crippen LogP contribution is -2.39. The first-order valence-electron chi connectivity index (χ1n) is 15.6. The van der Waals surface area contributed by atoms with E-state index < -0.39 is 42.0 Å². The van der Waals surface area contributed by atoms with E-state index in [-0.39, 0.29) is 36.9 Å². The van der Waals surface area contributed by atoms with Crippen LogP contribution in [0.15, 0.2) is 59.5 Å². The Labute approximate surface area is 265 Å². The van der Waals surface area contributed by atoms with Gasteiger partial charge in [0.2, 0.25) is 5.76 Å². The first-order valence-corrected chi connectivity index (χ1v) is 15.6. The highest BCUT2D eigenvalue weighted by molar-refractivity contribution is 6.04. The van der Waals surface area contributed by atoms with Gasteiger partial charge in [0.1, 0.15) is 29.1 Å². The fourth-order valence-corrected chi connectivity index (χ4v) is 7.46. The highest BCUT2D eigenvalue weighted by atomic mass is 16.6. The standard InChI is InChI=1S/C36H37NO9/c1-5-44-35(41)34-21-8-7-20-22(13-19(15-38)30(40)27(20)18-6-9-25-17(12-18)10-11-37-25)28(21)29-32(43-4)23-14-26(36(2,3)42)45-31(23)24(16-39)33(29)46-34/h6-12,19-20,26-27,37-39,42H,5,13-16H2,1-4H3/t19-,20+,26+,27+/m1/s1. The van der Waals surface area contributed by atoms with E-state index >= 15 is 0 Å². The average Bonchev–Trinajstić information content (AvgIpc) is 3.70.